The maximum atomic E-state index is 10.1. The SMILES string of the molecule is [O-][Cl+3]([O-])([O-])OS1=CC=C(Cl)C=C1. The number of allylic oxidation sites excluding steroid dienone is 3. The van der Waals surface area contributed by atoms with Crippen molar-refractivity contribution in [2.45, 2.75) is 0 Å². The van der Waals surface area contributed by atoms with Gasteiger partial charge in [0.1, 0.15) is 14.5 Å². The van der Waals surface area contributed by atoms with Crippen molar-refractivity contribution in [1.29, 1.82) is 0 Å². The second-order valence-corrected chi connectivity index (χ2v) is 4.66. The fourth-order valence-corrected chi connectivity index (χ4v) is 2.47. The average molecular weight is 231 g/mol. The Bertz CT molecular complexity index is 265. The molecule has 0 saturated heterocycles. The van der Waals surface area contributed by atoms with Crippen molar-refractivity contribution >= 4 is 27.7 Å². The van der Waals surface area contributed by atoms with Crippen molar-refractivity contribution in [2.24, 2.45) is 0 Å². The third-order valence-electron chi connectivity index (χ3n) is 0.873. The average Bonchev–Trinajstić information content (AvgIpc) is 1.91. The lowest BCUT2D eigenvalue weighted by molar-refractivity contribution is -1.91. The molecular formula is C5H4Cl2O4S. The minimum absolute atomic E-state index is 0.460. The zero-order valence-electron chi connectivity index (χ0n) is 5.61. The van der Waals surface area contributed by atoms with Gasteiger partial charge in [-0.3, -0.25) is 0 Å². The van der Waals surface area contributed by atoms with E-state index in [-0.39, 0.29) is 0 Å². The van der Waals surface area contributed by atoms with Crippen LogP contribution in [0.25, 0.3) is 0 Å². The molecule has 0 amide bonds. The van der Waals surface area contributed by atoms with Crippen LogP contribution in [0.15, 0.2) is 22.6 Å². The lowest BCUT2D eigenvalue weighted by Gasteiger charge is -2.12. The van der Waals surface area contributed by atoms with E-state index in [2.05, 4.69) is 3.74 Å². The quantitative estimate of drug-likeness (QED) is 0.544. The maximum absolute atomic E-state index is 10.1. The van der Waals surface area contributed by atoms with Crippen LogP contribution in [0.3, 0.4) is 0 Å². The second kappa shape index (κ2) is 3.89. The number of hydrogen-bond acceptors (Lipinski definition) is 4. The summed E-state index contributed by atoms with van der Waals surface area (Å²) in [4.78, 5) is 0. The molecular weight excluding hydrogens is 227 g/mol. The zero-order chi connectivity index (χ0) is 9.19. The molecule has 0 saturated carbocycles. The van der Waals surface area contributed by atoms with E-state index in [0.29, 0.717) is 5.03 Å². The lowest BCUT2D eigenvalue weighted by Crippen LogP contribution is -2.60. The molecule has 0 radical (unpaired) electrons. The maximum Gasteiger partial charge on any atom is 0.140 e. The highest BCUT2D eigenvalue weighted by molar-refractivity contribution is 8.13. The Balaban J connectivity index is 2.64. The summed E-state index contributed by atoms with van der Waals surface area (Å²) in [6.45, 7) is 0. The zero-order valence-corrected chi connectivity index (χ0v) is 7.93. The van der Waals surface area contributed by atoms with Gasteiger partial charge in [0.15, 0.2) is 0 Å². The molecule has 0 fully saturated rings. The van der Waals surface area contributed by atoms with E-state index in [4.69, 9.17) is 11.6 Å². The van der Waals surface area contributed by atoms with E-state index in [1.54, 1.807) is 0 Å². The van der Waals surface area contributed by atoms with Crippen molar-refractivity contribution in [1.82, 2.24) is 0 Å². The van der Waals surface area contributed by atoms with Gasteiger partial charge >= 0.3 is 0 Å². The van der Waals surface area contributed by atoms with Gasteiger partial charge in [-0.15, -0.1) is 0 Å². The highest BCUT2D eigenvalue weighted by Gasteiger charge is 2.20. The Morgan fingerprint density at radius 2 is 2.08 bits per heavy atom. The summed E-state index contributed by atoms with van der Waals surface area (Å²) in [7, 11) is -5.49. The second-order valence-electron chi connectivity index (χ2n) is 1.76. The molecule has 1 aliphatic heterocycles. The van der Waals surface area contributed by atoms with Gasteiger partial charge in [-0.1, -0.05) is 11.6 Å². The highest BCUT2D eigenvalue weighted by atomic mass is 35.7. The highest BCUT2D eigenvalue weighted by Crippen LogP contribution is 2.24. The minimum Gasteiger partial charge on any atom is -0.182 e. The van der Waals surface area contributed by atoms with Gasteiger partial charge in [0.2, 0.25) is 0 Å². The van der Waals surface area contributed by atoms with E-state index in [0.717, 1.165) is 0 Å². The van der Waals surface area contributed by atoms with Crippen molar-refractivity contribution < 1.29 is 28.0 Å². The van der Waals surface area contributed by atoms with Crippen LogP contribution < -0.4 is 14.0 Å². The van der Waals surface area contributed by atoms with Crippen LogP contribution in [-0.4, -0.2) is 5.37 Å². The van der Waals surface area contributed by atoms with E-state index in [1.165, 1.54) is 22.9 Å². The van der Waals surface area contributed by atoms with Crippen molar-refractivity contribution in [3.8, 4) is 0 Å². The number of halogens is 2. The van der Waals surface area contributed by atoms with Gasteiger partial charge in [-0.2, -0.15) is 14.0 Å². The lowest BCUT2D eigenvalue weighted by atomic mass is 10.5. The summed E-state index contributed by atoms with van der Waals surface area (Å²) >= 11 is 5.52. The van der Waals surface area contributed by atoms with Crippen LogP contribution >= 0.6 is 22.4 Å². The molecule has 1 unspecified atom stereocenters. The molecule has 7 heteroatoms. The fraction of sp³-hybridized carbons (Fsp3) is 0. The summed E-state index contributed by atoms with van der Waals surface area (Å²) < 4.78 is 34.3. The minimum atomic E-state index is -4.37. The standard InChI is InChI=1S/C5H4Cl2O4S/c6-5-1-3-12(4-2-5)11-7(8,9)10/h1-4H. The van der Waals surface area contributed by atoms with Crippen LogP contribution in [0.4, 0.5) is 0 Å². The molecule has 1 heterocycles. The molecule has 0 spiro atoms. The smallest absolute Gasteiger partial charge is 0.140 e. The van der Waals surface area contributed by atoms with Gasteiger partial charge in [0, 0.05) is 15.8 Å². The van der Waals surface area contributed by atoms with Gasteiger partial charge < -0.3 is 0 Å². The summed E-state index contributed by atoms with van der Waals surface area (Å²) in [5, 5.41) is 3.25. The number of rotatable bonds is 2. The van der Waals surface area contributed by atoms with E-state index in [1.807, 2.05) is 0 Å². The first-order valence-corrected chi connectivity index (χ1v) is 5.58. The van der Waals surface area contributed by atoms with Gasteiger partial charge in [-0.25, -0.2) is 0 Å². The first-order chi connectivity index (χ1) is 5.47. The summed E-state index contributed by atoms with van der Waals surface area (Å²) in [6.07, 6.45) is 2.93. The third kappa shape index (κ3) is 3.68. The Hall–Kier alpha value is 0.120. The third-order valence-corrected chi connectivity index (χ3v) is 3.13. The molecule has 1 atom stereocenters. The predicted octanol–water partition coefficient (Wildman–Crippen LogP) is -1.46. The van der Waals surface area contributed by atoms with E-state index >= 15 is 0 Å². The molecule has 0 aromatic heterocycles. The van der Waals surface area contributed by atoms with Gasteiger partial charge in [-0.05, 0) is 12.2 Å². The van der Waals surface area contributed by atoms with Crippen LogP contribution in [-0.2, 0) is 3.74 Å². The molecule has 1 aliphatic rings. The Morgan fingerprint density at radius 1 is 1.42 bits per heavy atom. The molecule has 0 aromatic carbocycles. The molecule has 68 valence electrons. The topological polar surface area (TPSA) is 78.4 Å². The molecule has 1 rings (SSSR count). The summed E-state index contributed by atoms with van der Waals surface area (Å²) in [6, 6.07) is 0. The molecule has 0 aromatic rings. The monoisotopic (exact) mass is 230 g/mol. The first kappa shape index (κ1) is 10.2. The van der Waals surface area contributed by atoms with Crippen molar-refractivity contribution in [3.05, 3.63) is 22.6 Å². The summed E-state index contributed by atoms with van der Waals surface area (Å²) in [5.74, 6) is 0. The predicted molar refractivity (Wildman–Crippen MR) is 37.8 cm³/mol. The Labute approximate surface area is 78.6 Å². The summed E-state index contributed by atoms with van der Waals surface area (Å²) in [5.41, 5.74) is 0. The Kier molecular flexibility index (Phi) is 3.30. The Morgan fingerprint density at radius 3 is 2.50 bits per heavy atom. The van der Waals surface area contributed by atoms with Crippen molar-refractivity contribution in [3.63, 3.8) is 0 Å². The van der Waals surface area contributed by atoms with Crippen LogP contribution in [0, 0.1) is 10.2 Å². The normalized spacial score (nSPS) is 23.3. The molecule has 0 aliphatic carbocycles. The molecule has 0 bridgehead atoms. The van der Waals surface area contributed by atoms with E-state index in [9.17, 15) is 14.0 Å². The largest absolute Gasteiger partial charge is 0.182 e. The van der Waals surface area contributed by atoms with Gasteiger partial charge in [0.05, 0.1) is 10.2 Å². The first-order valence-electron chi connectivity index (χ1n) is 2.69. The van der Waals surface area contributed by atoms with Gasteiger partial charge in [0.25, 0.3) is 0 Å². The van der Waals surface area contributed by atoms with Crippen LogP contribution in [0.1, 0.15) is 0 Å². The van der Waals surface area contributed by atoms with E-state index < -0.39 is 21.0 Å². The van der Waals surface area contributed by atoms with Crippen LogP contribution in [0.5, 0.6) is 0 Å². The molecule has 4 nitrogen and oxygen atoms in total. The molecule has 12 heavy (non-hydrogen) atoms. The number of hydrogen-bond donors (Lipinski definition) is 0. The fourth-order valence-electron chi connectivity index (χ4n) is 0.496. The molecule has 0 N–H and O–H groups in total. The van der Waals surface area contributed by atoms with Crippen LogP contribution in [0.2, 0.25) is 0 Å². The van der Waals surface area contributed by atoms with Crippen molar-refractivity contribution in [2.75, 3.05) is 0 Å².